The summed E-state index contributed by atoms with van der Waals surface area (Å²) in [4.78, 5) is 13.5. The highest BCUT2D eigenvalue weighted by atomic mass is 16.5. The van der Waals surface area contributed by atoms with Crippen LogP contribution in [0.2, 0.25) is 0 Å². The monoisotopic (exact) mass is 279 g/mol. The lowest BCUT2D eigenvalue weighted by Gasteiger charge is -2.29. The fourth-order valence-corrected chi connectivity index (χ4v) is 2.24. The second-order valence-electron chi connectivity index (χ2n) is 5.09. The topological polar surface area (TPSA) is 53.5 Å². The van der Waals surface area contributed by atoms with Crippen molar-refractivity contribution >= 4 is 5.95 Å². The molecule has 0 amide bonds. The van der Waals surface area contributed by atoms with E-state index in [2.05, 4.69) is 25.1 Å². The number of piperazine rings is 1. The molecule has 1 saturated heterocycles. The van der Waals surface area contributed by atoms with Gasteiger partial charge in [-0.3, -0.25) is 4.90 Å². The summed E-state index contributed by atoms with van der Waals surface area (Å²) in [6.07, 6.45) is 0. The van der Waals surface area contributed by atoms with Gasteiger partial charge in [-0.15, -0.1) is 0 Å². The number of nitrogens with zero attached hydrogens (tertiary/aromatic N) is 4. The summed E-state index contributed by atoms with van der Waals surface area (Å²) in [5.41, 5.74) is 0.937. The molecule has 1 fully saturated rings. The second kappa shape index (κ2) is 7.40. The molecule has 6 nitrogen and oxygen atoms in total. The zero-order chi connectivity index (χ0) is 14.4. The van der Waals surface area contributed by atoms with E-state index in [9.17, 15) is 0 Å². The van der Waals surface area contributed by atoms with Crippen LogP contribution in [0, 0.1) is 6.92 Å². The lowest BCUT2D eigenvalue weighted by Crippen LogP contribution is -2.46. The van der Waals surface area contributed by atoms with E-state index in [0.717, 1.165) is 50.9 Å². The number of hydrogen-bond acceptors (Lipinski definition) is 6. The number of hydrogen-bond donors (Lipinski definition) is 1. The van der Waals surface area contributed by atoms with Gasteiger partial charge in [-0.25, -0.2) is 4.98 Å². The van der Waals surface area contributed by atoms with Gasteiger partial charge in [0.15, 0.2) is 0 Å². The van der Waals surface area contributed by atoms with E-state index in [1.165, 1.54) is 0 Å². The summed E-state index contributed by atoms with van der Waals surface area (Å²) in [7, 11) is 2.03. The van der Waals surface area contributed by atoms with Gasteiger partial charge in [-0.2, -0.15) is 4.98 Å². The van der Waals surface area contributed by atoms with E-state index in [0.29, 0.717) is 12.5 Å². The van der Waals surface area contributed by atoms with Gasteiger partial charge >= 0.3 is 0 Å². The maximum atomic E-state index is 5.48. The van der Waals surface area contributed by atoms with Gasteiger partial charge in [0.2, 0.25) is 11.8 Å². The molecule has 2 heterocycles. The van der Waals surface area contributed by atoms with Crippen LogP contribution < -0.4 is 15.0 Å². The molecule has 1 aromatic rings. The van der Waals surface area contributed by atoms with Crippen LogP contribution >= 0.6 is 0 Å². The first-order valence-electron chi connectivity index (χ1n) is 7.31. The Morgan fingerprint density at radius 2 is 2.10 bits per heavy atom. The number of anilines is 1. The molecule has 2 rings (SSSR count). The van der Waals surface area contributed by atoms with Gasteiger partial charge < -0.3 is 15.0 Å². The quantitative estimate of drug-likeness (QED) is 0.819. The maximum Gasteiger partial charge on any atom is 0.228 e. The Bertz CT molecular complexity index is 420. The molecule has 0 bridgehead atoms. The summed E-state index contributed by atoms with van der Waals surface area (Å²) >= 11 is 0. The lowest BCUT2D eigenvalue weighted by atomic mass is 10.3. The van der Waals surface area contributed by atoms with E-state index in [-0.39, 0.29) is 0 Å². The first kappa shape index (κ1) is 15.0. The summed E-state index contributed by atoms with van der Waals surface area (Å²) in [6.45, 7) is 10.9. The molecule has 0 unspecified atom stereocenters. The van der Waals surface area contributed by atoms with Crippen molar-refractivity contribution in [1.82, 2.24) is 20.2 Å². The van der Waals surface area contributed by atoms with Crippen molar-refractivity contribution in [3.8, 4) is 5.88 Å². The predicted octanol–water partition coefficient (Wildman–Crippen LogP) is 0.525. The third kappa shape index (κ3) is 4.31. The SMILES string of the molecule is CCOc1cc(C)nc(N(C)CCN2CCNCC2)n1. The molecule has 20 heavy (non-hydrogen) atoms. The number of aryl methyl sites for hydroxylation is 1. The van der Waals surface area contributed by atoms with Crippen LogP contribution in [-0.2, 0) is 0 Å². The van der Waals surface area contributed by atoms with Crippen molar-refractivity contribution < 1.29 is 4.74 Å². The minimum absolute atomic E-state index is 0.625. The van der Waals surface area contributed by atoms with Crippen LogP contribution in [0.5, 0.6) is 5.88 Å². The van der Waals surface area contributed by atoms with Gasteiger partial charge in [0.25, 0.3) is 0 Å². The minimum Gasteiger partial charge on any atom is -0.478 e. The molecule has 112 valence electrons. The molecule has 0 aliphatic carbocycles. The molecule has 0 saturated carbocycles. The second-order valence-corrected chi connectivity index (χ2v) is 5.09. The Morgan fingerprint density at radius 3 is 2.80 bits per heavy atom. The van der Waals surface area contributed by atoms with Crippen LogP contribution in [0.4, 0.5) is 5.95 Å². The number of ether oxygens (including phenoxy) is 1. The number of nitrogens with one attached hydrogen (secondary N) is 1. The molecular weight excluding hydrogens is 254 g/mol. The molecule has 0 radical (unpaired) electrons. The zero-order valence-electron chi connectivity index (χ0n) is 12.7. The van der Waals surface area contributed by atoms with E-state index in [1.54, 1.807) is 0 Å². The van der Waals surface area contributed by atoms with Crippen molar-refractivity contribution in [2.24, 2.45) is 0 Å². The highest BCUT2D eigenvalue weighted by Gasteiger charge is 2.12. The van der Waals surface area contributed by atoms with Crippen molar-refractivity contribution in [2.75, 3.05) is 57.8 Å². The number of rotatable bonds is 6. The molecule has 0 spiro atoms. The predicted molar refractivity (Wildman–Crippen MR) is 80.5 cm³/mol. The van der Waals surface area contributed by atoms with Crippen LogP contribution in [0.25, 0.3) is 0 Å². The normalized spacial score (nSPS) is 16.1. The van der Waals surface area contributed by atoms with Crippen LogP contribution in [0.1, 0.15) is 12.6 Å². The van der Waals surface area contributed by atoms with E-state index in [1.807, 2.05) is 27.0 Å². The number of likely N-dealkylation sites (N-methyl/N-ethyl adjacent to an activating group) is 1. The summed E-state index contributed by atoms with van der Waals surface area (Å²) < 4.78 is 5.48. The van der Waals surface area contributed by atoms with Crippen molar-refractivity contribution in [1.29, 1.82) is 0 Å². The highest BCUT2D eigenvalue weighted by Crippen LogP contribution is 2.14. The Morgan fingerprint density at radius 1 is 1.35 bits per heavy atom. The van der Waals surface area contributed by atoms with Crippen molar-refractivity contribution in [3.63, 3.8) is 0 Å². The maximum absolute atomic E-state index is 5.48. The van der Waals surface area contributed by atoms with Gasteiger partial charge in [0.05, 0.1) is 6.61 Å². The minimum atomic E-state index is 0.625. The Labute approximate surface area is 121 Å². The van der Waals surface area contributed by atoms with Crippen LogP contribution in [0.3, 0.4) is 0 Å². The zero-order valence-corrected chi connectivity index (χ0v) is 12.7. The van der Waals surface area contributed by atoms with Gasteiger partial charge in [0.1, 0.15) is 0 Å². The molecule has 1 aliphatic rings. The van der Waals surface area contributed by atoms with E-state index >= 15 is 0 Å². The summed E-state index contributed by atoms with van der Waals surface area (Å²) in [6, 6.07) is 1.87. The Balaban J connectivity index is 1.92. The van der Waals surface area contributed by atoms with Gasteiger partial charge in [0, 0.05) is 58.1 Å². The largest absolute Gasteiger partial charge is 0.478 e. The van der Waals surface area contributed by atoms with Crippen LogP contribution in [0.15, 0.2) is 6.07 Å². The molecule has 6 heteroatoms. The fraction of sp³-hybridized carbons (Fsp3) is 0.714. The average Bonchev–Trinajstić information content (AvgIpc) is 2.45. The molecule has 1 aliphatic heterocycles. The molecular formula is C14H25N5O. The van der Waals surface area contributed by atoms with Crippen molar-refractivity contribution in [3.05, 3.63) is 11.8 Å². The fourth-order valence-electron chi connectivity index (χ4n) is 2.24. The first-order valence-corrected chi connectivity index (χ1v) is 7.31. The smallest absolute Gasteiger partial charge is 0.228 e. The summed E-state index contributed by atoms with van der Waals surface area (Å²) in [5.74, 6) is 1.40. The van der Waals surface area contributed by atoms with E-state index in [4.69, 9.17) is 4.74 Å². The molecule has 1 aromatic heterocycles. The van der Waals surface area contributed by atoms with Crippen molar-refractivity contribution in [2.45, 2.75) is 13.8 Å². The average molecular weight is 279 g/mol. The standard InChI is InChI=1S/C14H25N5O/c1-4-20-13-11-12(2)16-14(17-13)18(3)9-10-19-7-5-15-6-8-19/h11,15H,4-10H2,1-3H3. The Hall–Kier alpha value is -1.40. The summed E-state index contributed by atoms with van der Waals surface area (Å²) in [5, 5.41) is 3.37. The molecule has 0 atom stereocenters. The molecule has 1 N–H and O–H groups in total. The first-order chi connectivity index (χ1) is 9.69. The highest BCUT2D eigenvalue weighted by molar-refractivity contribution is 5.33. The number of aromatic nitrogens is 2. The third-order valence-electron chi connectivity index (χ3n) is 3.41. The van der Waals surface area contributed by atoms with Gasteiger partial charge in [-0.05, 0) is 13.8 Å². The Kier molecular flexibility index (Phi) is 5.55. The van der Waals surface area contributed by atoms with Gasteiger partial charge in [-0.1, -0.05) is 0 Å². The third-order valence-corrected chi connectivity index (χ3v) is 3.41. The molecule has 0 aromatic carbocycles. The lowest BCUT2D eigenvalue weighted by molar-refractivity contribution is 0.246. The van der Waals surface area contributed by atoms with Crippen LogP contribution in [-0.4, -0.2) is 67.8 Å². The van der Waals surface area contributed by atoms with E-state index < -0.39 is 0 Å².